The van der Waals surface area contributed by atoms with Crippen LogP contribution in [-0.4, -0.2) is 0 Å². The zero-order chi connectivity index (χ0) is 14.0. The van der Waals surface area contributed by atoms with Gasteiger partial charge in [0.1, 0.15) is 0 Å². The minimum absolute atomic E-state index is 0.333. The predicted molar refractivity (Wildman–Crippen MR) is 90.9 cm³/mol. The number of fused-ring (bicyclic) bond motifs is 1. The molecule has 0 bridgehead atoms. The summed E-state index contributed by atoms with van der Waals surface area (Å²) in [7, 11) is 0. The third-order valence-corrected chi connectivity index (χ3v) is 5.82. The Hall–Kier alpha value is -0.440. The number of rotatable bonds is 2. The molecule has 0 saturated heterocycles. The lowest BCUT2D eigenvalue weighted by Crippen LogP contribution is -2.00. The Kier molecular flexibility index (Phi) is 4.99. The highest BCUT2D eigenvalue weighted by molar-refractivity contribution is 9.10. The van der Waals surface area contributed by atoms with E-state index < -0.39 is 0 Å². The molecule has 1 aliphatic rings. The molecule has 1 aromatic carbocycles. The van der Waals surface area contributed by atoms with Crippen LogP contribution in [0.25, 0.3) is 0 Å². The molecule has 0 aromatic heterocycles. The summed E-state index contributed by atoms with van der Waals surface area (Å²) in [6.07, 6.45) is 6.21. The van der Waals surface area contributed by atoms with Crippen molar-refractivity contribution in [2.45, 2.75) is 25.5 Å². The van der Waals surface area contributed by atoms with Crippen molar-refractivity contribution in [1.29, 1.82) is 0 Å². The molecule has 0 fully saturated rings. The summed E-state index contributed by atoms with van der Waals surface area (Å²) < 4.78 is 0.968. The summed E-state index contributed by atoms with van der Waals surface area (Å²) in [6.45, 7) is 8.22. The highest BCUT2D eigenvalue weighted by atomic mass is 79.9. The predicted octanol–water partition coefficient (Wildman–Crippen LogP) is 6.47. The molecule has 1 unspecified atom stereocenters. The summed E-state index contributed by atoms with van der Waals surface area (Å²) >= 11 is 11.8. The average molecular weight is 356 g/mol. The third-order valence-electron chi connectivity index (χ3n) is 3.35. The maximum Gasteiger partial charge on any atom is 0.0591 e. The van der Waals surface area contributed by atoms with Crippen LogP contribution in [0.15, 0.2) is 51.9 Å². The normalized spacial score (nSPS) is 19.5. The molecular formula is C16H16BrClS. The van der Waals surface area contributed by atoms with E-state index >= 15 is 0 Å². The van der Waals surface area contributed by atoms with Crippen LogP contribution in [0.3, 0.4) is 0 Å². The molecule has 1 aliphatic heterocycles. The summed E-state index contributed by atoms with van der Waals surface area (Å²) in [4.78, 5) is 1.24. The van der Waals surface area contributed by atoms with Crippen LogP contribution in [0.4, 0.5) is 0 Å². The molecule has 0 N–H and O–H groups in total. The molecule has 0 saturated carbocycles. The summed E-state index contributed by atoms with van der Waals surface area (Å²) in [5, 5.41) is 0.835. The quantitative estimate of drug-likeness (QED) is 0.586. The third kappa shape index (κ3) is 2.86. The fraction of sp³-hybridized carbons (Fsp3) is 0.250. The second-order valence-electron chi connectivity index (χ2n) is 4.46. The molecule has 0 radical (unpaired) electrons. The second kappa shape index (κ2) is 6.34. The molecule has 0 spiro atoms. The number of benzene rings is 1. The highest BCUT2D eigenvalue weighted by Gasteiger charge is 2.22. The van der Waals surface area contributed by atoms with Gasteiger partial charge in [-0.25, -0.2) is 0 Å². The van der Waals surface area contributed by atoms with Gasteiger partial charge in [0.05, 0.1) is 5.02 Å². The first-order valence-electron chi connectivity index (χ1n) is 6.19. The van der Waals surface area contributed by atoms with Crippen molar-refractivity contribution in [3.8, 4) is 0 Å². The van der Waals surface area contributed by atoms with Crippen LogP contribution >= 0.6 is 39.3 Å². The van der Waals surface area contributed by atoms with Gasteiger partial charge in [0.15, 0.2) is 0 Å². The molecule has 0 nitrogen and oxygen atoms in total. The van der Waals surface area contributed by atoms with E-state index in [4.69, 9.17) is 11.6 Å². The van der Waals surface area contributed by atoms with E-state index in [1.54, 1.807) is 11.8 Å². The van der Waals surface area contributed by atoms with Crippen molar-refractivity contribution in [2.24, 2.45) is 0 Å². The molecular weight excluding hydrogens is 340 g/mol. The van der Waals surface area contributed by atoms with Crippen molar-refractivity contribution in [2.75, 3.05) is 0 Å². The number of hydrogen-bond donors (Lipinski definition) is 0. The SMILES string of the molecule is C=CC1=C(/C=C\C)C(C)c2ccc(Br)c(Cl)c2CS1. The Morgan fingerprint density at radius 2 is 2.21 bits per heavy atom. The molecule has 100 valence electrons. The first kappa shape index (κ1) is 15.0. The largest absolute Gasteiger partial charge is 0.121 e. The van der Waals surface area contributed by atoms with E-state index in [1.165, 1.54) is 21.6 Å². The van der Waals surface area contributed by atoms with E-state index in [9.17, 15) is 0 Å². The van der Waals surface area contributed by atoms with Crippen LogP contribution in [-0.2, 0) is 5.75 Å². The Labute approximate surface area is 132 Å². The first-order chi connectivity index (χ1) is 9.10. The van der Waals surface area contributed by atoms with E-state index in [0.29, 0.717) is 5.92 Å². The standard InChI is InChI=1S/C16H16BrClS/c1-4-6-12-10(3)11-7-8-14(17)16(18)13(11)9-19-15(12)5-2/h4-8,10H,2,9H2,1,3H3/b6-4-. The number of halogens is 2. The van der Waals surface area contributed by atoms with Gasteiger partial charge in [-0.15, -0.1) is 11.8 Å². The van der Waals surface area contributed by atoms with Gasteiger partial charge in [-0.1, -0.05) is 49.4 Å². The van der Waals surface area contributed by atoms with E-state index in [1.807, 2.05) is 19.1 Å². The zero-order valence-electron chi connectivity index (χ0n) is 11.0. The molecule has 19 heavy (non-hydrogen) atoms. The minimum atomic E-state index is 0.333. The average Bonchev–Trinajstić information content (AvgIpc) is 2.54. The molecule has 1 heterocycles. The number of allylic oxidation sites excluding steroid dienone is 4. The van der Waals surface area contributed by atoms with Crippen molar-refractivity contribution in [3.05, 3.63) is 68.0 Å². The van der Waals surface area contributed by atoms with Crippen molar-refractivity contribution in [1.82, 2.24) is 0 Å². The Morgan fingerprint density at radius 3 is 2.84 bits per heavy atom. The Morgan fingerprint density at radius 1 is 1.47 bits per heavy atom. The fourth-order valence-corrected chi connectivity index (χ4v) is 4.19. The van der Waals surface area contributed by atoms with Crippen molar-refractivity contribution in [3.63, 3.8) is 0 Å². The summed E-state index contributed by atoms with van der Waals surface area (Å²) in [5.41, 5.74) is 3.86. The first-order valence-corrected chi connectivity index (χ1v) is 8.34. The Bertz CT molecular complexity index is 572. The number of thioether (sulfide) groups is 1. The summed E-state index contributed by atoms with van der Waals surface area (Å²) in [6, 6.07) is 4.21. The van der Waals surface area contributed by atoms with Gasteiger partial charge in [-0.2, -0.15) is 0 Å². The van der Waals surface area contributed by atoms with Crippen LogP contribution in [0.5, 0.6) is 0 Å². The molecule has 3 heteroatoms. The maximum absolute atomic E-state index is 6.44. The van der Waals surface area contributed by atoms with E-state index in [0.717, 1.165) is 15.2 Å². The molecule has 0 amide bonds. The summed E-state index contributed by atoms with van der Waals surface area (Å²) in [5.74, 6) is 1.22. The van der Waals surface area contributed by atoms with Crippen molar-refractivity contribution >= 4 is 39.3 Å². The molecule has 2 rings (SSSR count). The van der Waals surface area contributed by atoms with Crippen LogP contribution in [0.1, 0.15) is 30.9 Å². The van der Waals surface area contributed by atoms with Crippen LogP contribution in [0.2, 0.25) is 5.02 Å². The van der Waals surface area contributed by atoms with Gasteiger partial charge in [0.2, 0.25) is 0 Å². The lowest BCUT2D eigenvalue weighted by molar-refractivity contribution is 0.908. The molecule has 1 aromatic rings. The van der Waals surface area contributed by atoms with E-state index in [-0.39, 0.29) is 0 Å². The number of hydrogen-bond acceptors (Lipinski definition) is 1. The lowest BCUT2D eigenvalue weighted by atomic mass is 9.89. The van der Waals surface area contributed by atoms with Gasteiger partial charge in [0, 0.05) is 21.0 Å². The van der Waals surface area contributed by atoms with Gasteiger partial charge in [-0.3, -0.25) is 0 Å². The maximum atomic E-state index is 6.44. The minimum Gasteiger partial charge on any atom is -0.121 e. The van der Waals surface area contributed by atoms with Gasteiger partial charge >= 0.3 is 0 Å². The smallest absolute Gasteiger partial charge is 0.0591 e. The van der Waals surface area contributed by atoms with Crippen LogP contribution < -0.4 is 0 Å². The molecule has 0 aliphatic carbocycles. The van der Waals surface area contributed by atoms with Gasteiger partial charge in [-0.05, 0) is 45.6 Å². The van der Waals surface area contributed by atoms with E-state index in [2.05, 4.69) is 47.7 Å². The topological polar surface area (TPSA) is 0 Å². The monoisotopic (exact) mass is 354 g/mol. The van der Waals surface area contributed by atoms with Crippen LogP contribution in [0, 0.1) is 0 Å². The zero-order valence-corrected chi connectivity index (χ0v) is 14.2. The highest BCUT2D eigenvalue weighted by Crippen LogP contribution is 2.44. The van der Waals surface area contributed by atoms with Gasteiger partial charge < -0.3 is 0 Å². The Balaban J connectivity index is 2.61. The lowest BCUT2D eigenvalue weighted by Gasteiger charge is -2.17. The van der Waals surface area contributed by atoms with Gasteiger partial charge in [0.25, 0.3) is 0 Å². The van der Waals surface area contributed by atoms with Crippen molar-refractivity contribution < 1.29 is 0 Å². The molecule has 1 atom stereocenters. The second-order valence-corrected chi connectivity index (χ2v) is 6.71. The fourth-order valence-electron chi connectivity index (χ4n) is 2.36.